The predicted octanol–water partition coefficient (Wildman–Crippen LogP) is 2.17. The van der Waals surface area contributed by atoms with Gasteiger partial charge in [-0.1, -0.05) is 0 Å². The van der Waals surface area contributed by atoms with Crippen LogP contribution in [0.3, 0.4) is 0 Å². The molecule has 0 spiro atoms. The van der Waals surface area contributed by atoms with Gasteiger partial charge >= 0.3 is 0 Å². The van der Waals surface area contributed by atoms with Gasteiger partial charge < -0.3 is 14.6 Å². The first kappa shape index (κ1) is 18.2. The third kappa shape index (κ3) is 4.13. The number of hydrogen-bond donors (Lipinski definition) is 1. The molecule has 1 aliphatic heterocycles. The molecule has 1 N–H and O–H groups in total. The maximum Gasteiger partial charge on any atom is 0.257 e. The number of benzene rings is 1. The summed E-state index contributed by atoms with van der Waals surface area (Å²) in [6.07, 6.45) is 5.18. The summed E-state index contributed by atoms with van der Waals surface area (Å²) in [4.78, 5) is 26.6. The number of likely N-dealkylation sites (tertiary alicyclic amines) is 1. The number of carbonyl (C=O) groups is 2. The van der Waals surface area contributed by atoms with Crippen LogP contribution in [0.4, 0.5) is 5.69 Å². The summed E-state index contributed by atoms with van der Waals surface area (Å²) < 4.78 is 27.9. The highest BCUT2D eigenvalue weighted by Gasteiger charge is 2.28. The van der Waals surface area contributed by atoms with E-state index in [0.717, 1.165) is 6.26 Å². The molecule has 8 heteroatoms. The fraction of sp³-hybridized carbons (Fsp3) is 0.333. The summed E-state index contributed by atoms with van der Waals surface area (Å²) in [6, 6.07) is 7.72. The quantitative estimate of drug-likeness (QED) is 0.882. The number of amides is 2. The van der Waals surface area contributed by atoms with Gasteiger partial charge in [0, 0.05) is 31.0 Å². The molecule has 0 radical (unpaired) electrons. The Labute approximate surface area is 151 Å². The molecule has 26 heavy (non-hydrogen) atoms. The van der Waals surface area contributed by atoms with E-state index in [9.17, 15) is 18.0 Å². The number of piperidine rings is 1. The zero-order chi connectivity index (χ0) is 18.7. The van der Waals surface area contributed by atoms with E-state index < -0.39 is 9.84 Å². The molecule has 0 bridgehead atoms. The lowest BCUT2D eigenvalue weighted by Crippen LogP contribution is -2.41. The van der Waals surface area contributed by atoms with Crippen LogP contribution in [0.2, 0.25) is 0 Å². The van der Waals surface area contributed by atoms with Gasteiger partial charge in [0.2, 0.25) is 5.91 Å². The average Bonchev–Trinajstić information content (AvgIpc) is 3.15. The van der Waals surface area contributed by atoms with Gasteiger partial charge in [-0.2, -0.15) is 0 Å². The molecule has 138 valence electrons. The molecule has 0 saturated carbocycles. The maximum atomic E-state index is 12.4. The molecule has 1 aliphatic rings. The van der Waals surface area contributed by atoms with Crippen molar-refractivity contribution in [2.45, 2.75) is 17.7 Å². The van der Waals surface area contributed by atoms with Crippen molar-refractivity contribution in [2.75, 3.05) is 24.7 Å². The summed E-state index contributed by atoms with van der Waals surface area (Å²) in [5.74, 6) is -0.389. The molecule has 2 amide bonds. The van der Waals surface area contributed by atoms with Gasteiger partial charge in [-0.3, -0.25) is 9.59 Å². The number of hydrogen-bond acceptors (Lipinski definition) is 5. The standard InChI is InChI=1S/C18H20N2O5S/c1-26(23,24)16-4-2-15(3-5-16)19-17(21)13-6-9-20(10-7-13)18(22)14-8-11-25-12-14/h2-5,8,11-13H,6-7,9-10H2,1H3,(H,19,21). The minimum atomic E-state index is -3.26. The van der Waals surface area contributed by atoms with Crippen LogP contribution in [0, 0.1) is 5.92 Å². The Bertz CT molecular complexity index is 880. The van der Waals surface area contributed by atoms with E-state index in [4.69, 9.17) is 4.42 Å². The molecule has 1 aromatic carbocycles. The summed E-state index contributed by atoms with van der Waals surface area (Å²) in [6.45, 7) is 1.02. The number of furan rings is 1. The number of nitrogens with one attached hydrogen (secondary N) is 1. The molecule has 1 fully saturated rings. The fourth-order valence-electron chi connectivity index (χ4n) is 2.94. The van der Waals surface area contributed by atoms with Crippen molar-refractivity contribution in [3.05, 3.63) is 48.4 Å². The molecule has 2 heterocycles. The van der Waals surface area contributed by atoms with Crippen LogP contribution in [-0.2, 0) is 14.6 Å². The van der Waals surface area contributed by atoms with Crippen molar-refractivity contribution in [3.63, 3.8) is 0 Å². The van der Waals surface area contributed by atoms with Crippen LogP contribution in [-0.4, -0.2) is 44.5 Å². The van der Waals surface area contributed by atoms with E-state index >= 15 is 0 Å². The van der Waals surface area contributed by atoms with Gasteiger partial charge in [-0.25, -0.2) is 8.42 Å². The normalized spacial score (nSPS) is 15.7. The predicted molar refractivity (Wildman–Crippen MR) is 95.5 cm³/mol. The number of carbonyl (C=O) groups excluding carboxylic acids is 2. The van der Waals surface area contributed by atoms with Crippen molar-refractivity contribution in [1.82, 2.24) is 4.90 Å². The Morgan fingerprint density at radius 1 is 1.12 bits per heavy atom. The van der Waals surface area contributed by atoms with E-state index in [1.165, 1.54) is 24.7 Å². The first-order chi connectivity index (χ1) is 12.3. The second-order valence-corrected chi connectivity index (χ2v) is 8.38. The maximum absolute atomic E-state index is 12.4. The van der Waals surface area contributed by atoms with Crippen molar-refractivity contribution in [1.29, 1.82) is 0 Å². The Kier molecular flexibility index (Phi) is 5.13. The third-order valence-electron chi connectivity index (χ3n) is 4.47. The Hall–Kier alpha value is -2.61. The Morgan fingerprint density at radius 3 is 2.31 bits per heavy atom. The highest BCUT2D eigenvalue weighted by atomic mass is 32.2. The summed E-state index contributed by atoms with van der Waals surface area (Å²) in [5.41, 5.74) is 1.07. The van der Waals surface area contributed by atoms with Crippen molar-refractivity contribution in [3.8, 4) is 0 Å². The first-order valence-electron chi connectivity index (χ1n) is 8.27. The second kappa shape index (κ2) is 7.33. The minimum Gasteiger partial charge on any atom is -0.472 e. The molecular weight excluding hydrogens is 356 g/mol. The Balaban J connectivity index is 1.54. The van der Waals surface area contributed by atoms with Crippen molar-refractivity contribution in [2.24, 2.45) is 5.92 Å². The highest BCUT2D eigenvalue weighted by Crippen LogP contribution is 2.22. The Morgan fingerprint density at radius 2 is 1.77 bits per heavy atom. The first-order valence-corrected chi connectivity index (χ1v) is 10.2. The second-order valence-electron chi connectivity index (χ2n) is 6.36. The van der Waals surface area contributed by atoms with Crippen molar-refractivity contribution < 1.29 is 22.4 Å². The zero-order valence-electron chi connectivity index (χ0n) is 14.3. The van der Waals surface area contributed by atoms with Crippen LogP contribution < -0.4 is 5.32 Å². The molecular formula is C18H20N2O5S. The molecule has 2 aromatic rings. The lowest BCUT2D eigenvalue weighted by Gasteiger charge is -2.31. The van der Waals surface area contributed by atoms with E-state index in [1.807, 2.05) is 0 Å². The molecule has 1 saturated heterocycles. The third-order valence-corrected chi connectivity index (χ3v) is 5.60. The van der Waals surface area contributed by atoms with Crippen molar-refractivity contribution >= 4 is 27.3 Å². The van der Waals surface area contributed by atoms with Gasteiger partial charge in [-0.05, 0) is 43.2 Å². The number of anilines is 1. The van der Waals surface area contributed by atoms with Crippen LogP contribution >= 0.6 is 0 Å². The van der Waals surface area contributed by atoms with Crippen LogP contribution in [0.25, 0.3) is 0 Å². The molecule has 1 aromatic heterocycles. The molecule has 0 atom stereocenters. The average molecular weight is 376 g/mol. The summed E-state index contributed by atoms with van der Waals surface area (Å²) in [7, 11) is -3.26. The van der Waals surface area contributed by atoms with Crippen LogP contribution in [0.15, 0.2) is 52.2 Å². The number of rotatable bonds is 4. The van der Waals surface area contributed by atoms with Gasteiger partial charge in [0.15, 0.2) is 9.84 Å². The van der Waals surface area contributed by atoms with E-state index in [2.05, 4.69) is 5.32 Å². The van der Waals surface area contributed by atoms with Crippen LogP contribution in [0.1, 0.15) is 23.2 Å². The highest BCUT2D eigenvalue weighted by molar-refractivity contribution is 7.90. The smallest absolute Gasteiger partial charge is 0.257 e. The van der Waals surface area contributed by atoms with E-state index in [1.54, 1.807) is 23.1 Å². The fourth-order valence-corrected chi connectivity index (χ4v) is 3.57. The summed E-state index contributed by atoms with van der Waals surface area (Å²) in [5, 5.41) is 2.81. The largest absolute Gasteiger partial charge is 0.472 e. The minimum absolute atomic E-state index is 0.0889. The number of nitrogens with zero attached hydrogens (tertiary/aromatic N) is 1. The van der Waals surface area contributed by atoms with Gasteiger partial charge in [-0.15, -0.1) is 0 Å². The summed E-state index contributed by atoms with van der Waals surface area (Å²) >= 11 is 0. The number of sulfone groups is 1. The monoisotopic (exact) mass is 376 g/mol. The lowest BCUT2D eigenvalue weighted by atomic mass is 9.95. The van der Waals surface area contributed by atoms with E-state index in [-0.39, 0.29) is 22.6 Å². The molecule has 0 aliphatic carbocycles. The molecule has 0 unspecified atom stereocenters. The van der Waals surface area contributed by atoms with Gasteiger partial charge in [0.05, 0.1) is 16.7 Å². The molecule has 3 rings (SSSR count). The van der Waals surface area contributed by atoms with Gasteiger partial charge in [0.1, 0.15) is 6.26 Å². The zero-order valence-corrected chi connectivity index (χ0v) is 15.2. The SMILES string of the molecule is CS(=O)(=O)c1ccc(NC(=O)C2CCN(C(=O)c3ccoc3)CC2)cc1. The van der Waals surface area contributed by atoms with E-state index in [0.29, 0.717) is 37.2 Å². The lowest BCUT2D eigenvalue weighted by molar-refractivity contribution is -0.121. The van der Waals surface area contributed by atoms with Gasteiger partial charge in [0.25, 0.3) is 5.91 Å². The molecule has 7 nitrogen and oxygen atoms in total. The van der Waals surface area contributed by atoms with Crippen LogP contribution in [0.5, 0.6) is 0 Å². The topological polar surface area (TPSA) is 96.7 Å².